The molecule has 5 rings (SSSR count). The maximum Gasteiger partial charge on any atom is 0.259 e. The van der Waals surface area contributed by atoms with Gasteiger partial charge in [0.2, 0.25) is 0 Å². The number of nitrogens with zero attached hydrogens (tertiary/aromatic N) is 2. The molecule has 0 aliphatic rings. The lowest BCUT2D eigenvalue weighted by Gasteiger charge is -2.07. The fraction of sp³-hybridized carbons (Fsp3) is 0. The number of rotatable bonds is 4. The van der Waals surface area contributed by atoms with E-state index in [-0.39, 0.29) is 5.91 Å². The maximum atomic E-state index is 13.2. The molecule has 0 radical (unpaired) electrons. The summed E-state index contributed by atoms with van der Waals surface area (Å²) in [4.78, 5) is 13.2. The van der Waals surface area contributed by atoms with Crippen LogP contribution in [0.15, 0.2) is 109 Å². The van der Waals surface area contributed by atoms with Gasteiger partial charge in [0.05, 0.1) is 11.3 Å². The van der Waals surface area contributed by atoms with Crippen LogP contribution in [0, 0.1) is 0 Å². The topological polar surface area (TPSA) is 46.9 Å². The van der Waals surface area contributed by atoms with E-state index in [0.29, 0.717) is 11.3 Å². The first-order chi connectivity index (χ1) is 14.8. The Morgan fingerprint density at radius 2 is 1.40 bits per heavy atom. The molecule has 30 heavy (non-hydrogen) atoms. The number of carbonyl (C=O) groups excluding carboxylic acids is 1. The highest BCUT2D eigenvalue weighted by atomic mass is 16.1. The van der Waals surface area contributed by atoms with Gasteiger partial charge in [0.1, 0.15) is 5.69 Å². The summed E-state index contributed by atoms with van der Waals surface area (Å²) in [6.07, 6.45) is 1.79. The van der Waals surface area contributed by atoms with Gasteiger partial charge in [0, 0.05) is 17.4 Å². The van der Waals surface area contributed by atoms with E-state index in [4.69, 9.17) is 5.10 Å². The van der Waals surface area contributed by atoms with Gasteiger partial charge in [-0.15, -0.1) is 0 Å². The summed E-state index contributed by atoms with van der Waals surface area (Å²) in [5, 5.41) is 9.97. The quantitative estimate of drug-likeness (QED) is 0.413. The van der Waals surface area contributed by atoms with Gasteiger partial charge in [-0.2, -0.15) is 5.10 Å². The molecule has 4 aromatic carbocycles. The first-order valence-electron chi connectivity index (χ1n) is 9.78. The lowest BCUT2D eigenvalue weighted by atomic mass is 10.1. The van der Waals surface area contributed by atoms with Crippen molar-refractivity contribution in [3.8, 4) is 16.9 Å². The van der Waals surface area contributed by atoms with Crippen molar-refractivity contribution >= 4 is 22.4 Å². The van der Waals surface area contributed by atoms with Crippen LogP contribution in [0.5, 0.6) is 0 Å². The Kier molecular flexibility index (Phi) is 4.58. The van der Waals surface area contributed by atoms with Crippen molar-refractivity contribution in [3.63, 3.8) is 0 Å². The van der Waals surface area contributed by atoms with Gasteiger partial charge in [-0.25, -0.2) is 4.68 Å². The molecule has 1 aromatic heterocycles. The van der Waals surface area contributed by atoms with E-state index in [1.54, 1.807) is 10.9 Å². The van der Waals surface area contributed by atoms with E-state index in [1.807, 2.05) is 97.1 Å². The lowest BCUT2D eigenvalue weighted by Crippen LogP contribution is -2.12. The van der Waals surface area contributed by atoms with Crippen LogP contribution in [0.25, 0.3) is 27.7 Å². The molecule has 0 spiro atoms. The number of amides is 1. The lowest BCUT2D eigenvalue weighted by molar-refractivity contribution is 0.102. The fourth-order valence-electron chi connectivity index (χ4n) is 3.53. The number of fused-ring (bicyclic) bond motifs is 1. The number of hydrogen-bond acceptors (Lipinski definition) is 2. The first kappa shape index (κ1) is 17.9. The molecule has 0 bridgehead atoms. The molecule has 0 aliphatic heterocycles. The molecule has 144 valence electrons. The van der Waals surface area contributed by atoms with Gasteiger partial charge in [-0.05, 0) is 35.0 Å². The molecule has 1 heterocycles. The first-order valence-corrected chi connectivity index (χ1v) is 9.78. The Morgan fingerprint density at radius 3 is 2.17 bits per heavy atom. The number of carbonyl (C=O) groups is 1. The summed E-state index contributed by atoms with van der Waals surface area (Å²) in [5.41, 5.74) is 3.73. The van der Waals surface area contributed by atoms with Crippen LogP contribution in [0.2, 0.25) is 0 Å². The summed E-state index contributed by atoms with van der Waals surface area (Å²) < 4.78 is 1.75. The number of aromatic nitrogens is 2. The van der Waals surface area contributed by atoms with Crippen molar-refractivity contribution < 1.29 is 4.79 Å². The Bertz CT molecular complexity index is 1320. The largest absolute Gasteiger partial charge is 0.322 e. The van der Waals surface area contributed by atoms with Crippen molar-refractivity contribution in [1.82, 2.24) is 9.78 Å². The van der Waals surface area contributed by atoms with Crippen molar-refractivity contribution in [2.24, 2.45) is 0 Å². The van der Waals surface area contributed by atoms with Gasteiger partial charge in [0.15, 0.2) is 0 Å². The van der Waals surface area contributed by atoms with E-state index in [0.717, 1.165) is 27.7 Å². The molecule has 0 saturated carbocycles. The molecule has 1 N–H and O–H groups in total. The Labute approximate surface area is 174 Å². The molecule has 4 heteroatoms. The summed E-state index contributed by atoms with van der Waals surface area (Å²) in [6.45, 7) is 0. The second kappa shape index (κ2) is 7.68. The van der Waals surface area contributed by atoms with Crippen LogP contribution in [0.3, 0.4) is 0 Å². The van der Waals surface area contributed by atoms with E-state index < -0.39 is 0 Å². The fourth-order valence-corrected chi connectivity index (χ4v) is 3.53. The monoisotopic (exact) mass is 389 g/mol. The van der Waals surface area contributed by atoms with E-state index in [2.05, 4.69) is 11.4 Å². The second-order valence-corrected chi connectivity index (χ2v) is 7.05. The van der Waals surface area contributed by atoms with Crippen LogP contribution in [0.4, 0.5) is 5.69 Å². The number of nitrogens with one attached hydrogen (secondary N) is 1. The molecule has 0 aliphatic carbocycles. The number of benzene rings is 4. The summed E-state index contributed by atoms with van der Waals surface area (Å²) >= 11 is 0. The average Bonchev–Trinajstić information content (AvgIpc) is 3.26. The minimum atomic E-state index is -0.189. The van der Waals surface area contributed by atoms with Crippen molar-refractivity contribution in [1.29, 1.82) is 0 Å². The highest BCUT2D eigenvalue weighted by Crippen LogP contribution is 2.25. The van der Waals surface area contributed by atoms with Crippen LogP contribution in [-0.4, -0.2) is 15.7 Å². The third-order valence-corrected chi connectivity index (χ3v) is 5.03. The normalized spacial score (nSPS) is 10.8. The van der Waals surface area contributed by atoms with Crippen molar-refractivity contribution in [2.45, 2.75) is 0 Å². The number of para-hydroxylation sites is 1. The maximum absolute atomic E-state index is 13.2. The van der Waals surface area contributed by atoms with Crippen LogP contribution >= 0.6 is 0 Å². The zero-order chi connectivity index (χ0) is 20.3. The summed E-state index contributed by atoms with van der Waals surface area (Å²) in [5.74, 6) is -0.189. The Balaban J connectivity index is 1.54. The summed E-state index contributed by atoms with van der Waals surface area (Å²) in [6, 6.07) is 33.6. The van der Waals surface area contributed by atoms with Gasteiger partial charge < -0.3 is 5.32 Å². The minimum Gasteiger partial charge on any atom is -0.322 e. The third kappa shape index (κ3) is 3.47. The van der Waals surface area contributed by atoms with Crippen molar-refractivity contribution in [3.05, 3.63) is 115 Å². The van der Waals surface area contributed by atoms with E-state index >= 15 is 0 Å². The Hall–Kier alpha value is -4.18. The van der Waals surface area contributed by atoms with Gasteiger partial charge in [-0.1, -0.05) is 78.9 Å². The summed E-state index contributed by atoms with van der Waals surface area (Å²) in [7, 11) is 0. The zero-order valence-corrected chi connectivity index (χ0v) is 16.2. The minimum absolute atomic E-state index is 0.189. The standard InChI is InChI=1S/C26H19N3O/c30-26(27-22-16-15-19-9-7-8-12-21(19)17-22)24-18-29(23-13-5-2-6-14-23)28-25(24)20-10-3-1-4-11-20/h1-18H,(H,27,30). The van der Waals surface area contributed by atoms with Crippen molar-refractivity contribution in [2.75, 3.05) is 5.32 Å². The molecule has 0 unspecified atom stereocenters. The Morgan fingerprint density at radius 1 is 0.733 bits per heavy atom. The zero-order valence-electron chi connectivity index (χ0n) is 16.2. The molecule has 0 atom stereocenters. The van der Waals surface area contributed by atoms with Gasteiger partial charge in [-0.3, -0.25) is 4.79 Å². The molecule has 0 fully saturated rings. The predicted octanol–water partition coefficient (Wildman–Crippen LogP) is 5.94. The van der Waals surface area contributed by atoms with E-state index in [9.17, 15) is 4.79 Å². The molecular formula is C26H19N3O. The van der Waals surface area contributed by atoms with E-state index in [1.165, 1.54) is 0 Å². The third-order valence-electron chi connectivity index (χ3n) is 5.03. The molecular weight excluding hydrogens is 370 g/mol. The van der Waals surface area contributed by atoms with Crippen LogP contribution in [0.1, 0.15) is 10.4 Å². The number of anilines is 1. The highest BCUT2D eigenvalue weighted by Gasteiger charge is 2.19. The average molecular weight is 389 g/mol. The highest BCUT2D eigenvalue weighted by molar-refractivity contribution is 6.08. The smallest absolute Gasteiger partial charge is 0.259 e. The van der Waals surface area contributed by atoms with Gasteiger partial charge >= 0.3 is 0 Å². The van der Waals surface area contributed by atoms with Gasteiger partial charge in [0.25, 0.3) is 5.91 Å². The SMILES string of the molecule is O=C(Nc1ccc2ccccc2c1)c1cn(-c2ccccc2)nc1-c1ccccc1. The predicted molar refractivity (Wildman–Crippen MR) is 121 cm³/mol. The number of hydrogen-bond donors (Lipinski definition) is 1. The molecule has 4 nitrogen and oxygen atoms in total. The molecule has 5 aromatic rings. The van der Waals surface area contributed by atoms with Crippen LogP contribution < -0.4 is 5.32 Å². The molecule has 1 amide bonds. The second-order valence-electron chi connectivity index (χ2n) is 7.05. The van der Waals surface area contributed by atoms with Crippen LogP contribution in [-0.2, 0) is 0 Å². The molecule has 0 saturated heterocycles.